The van der Waals surface area contributed by atoms with Crippen LogP contribution in [-0.2, 0) is 42.9 Å². The number of hydrogen-bond acceptors (Lipinski definition) is 17. The number of piperazine rings is 1. The van der Waals surface area contributed by atoms with Crippen molar-refractivity contribution in [2.24, 2.45) is 5.41 Å². The van der Waals surface area contributed by atoms with E-state index < -0.39 is 48.6 Å². The van der Waals surface area contributed by atoms with E-state index in [2.05, 4.69) is 5.32 Å². The van der Waals surface area contributed by atoms with Gasteiger partial charge in [0.1, 0.15) is 47.2 Å². The standard InChI is InChI=1S/C62H48Cl15N3O16S/c1-87-30-5-8-33-36(23-30)93-35-22-29(81)4-7-32(35)41(33)31-6-3-28(21-34(31)60(86)88-2)78-61(97)80-15-13-79(14-16-80)37(82)9-17-89-24-62(25-90-18-10-38(83)94-57-51(72)45(66)42(63)46(67)52(57)73,26-91-19-11-39(84)95-58-53(74)47(68)43(64)48(69)54(58)75)27-92-20-12-40(85)96-59-55(76)49(70)44(65)50(71)56(59)77/h3-8,21-23H,9-20,24-27H2,1-2H3,(H,78,97). The molecule has 1 aliphatic carbocycles. The van der Waals surface area contributed by atoms with Gasteiger partial charge >= 0.3 is 23.9 Å². The smallest absolute Gasteiger partial charge is 0.338 e. The second kappa shape index (κ2) is 35.6. The number of thiocarbonyl (C=S) groups is 1. The Morgan fingerprint density at radius 2 is 0.897 bits per heavy atom. The minimum absolute atomic E-state index is 0.114. The van der Waals surface area contributed by atoms with Crippen molar-refractivity contribution >= 4 is 238 Å². The van der Waals surface area contributed by atoms with Crippen LogP contribution in [0.3, 0.4) is 0 Å². The van der Waals surface area contributed by atoms with Crippen LogP contribution in [0, 0.1) is 5.41 Å². The van der Waals surface area contributed by atoms with Gasteiger partial charge < -0.3 is 62.2 Å². The summed E-state index contributed by atoms with van der Waals surface area (Å²) in [5, 5.41) is 0.713. The minimum atomic E-state index is -1.37. The zero-order chi connectivity index (χ0) is 70.7. The molecular weight excluding hydrogens is 1610 g/mol. The van der Waals surface area contributed by atoms with E-state index in [0.717, 1.165) is 0 Å². The third-order valence-electron chi connectivity index (χ3n) is 14.4. The molecule has 5 aromatic rings. The van der Waals surface area contributed by atoms with E-state index in [0.29, 0.717) is 63.1 Å². The maximum atomic E-state index is 13.9. The number of esters is 4. The fraction of sp³-hybridized carbons (Fsp3) is 0.306. The van der Waals surface area contributed by atoms with Gasteiger partial charge in [-0.3, -0.25) is 24.0 Å². The van der Waals surface area contributed by atoms with E-state index in [1.807, 2.05) is 4.90 Å². The highest BCUT2D eigenvalue weighted by molar-refractivity contribution is 7.80. The first-order valence-corrected chi connectivity index (χ1v) is 34.3. The molecule has 0 aromatic heterocycles. The first-order valence-electron chi connectivity index (χ1n) is 28.2. The normalized spacial score (nSPS) is 12.5. The number of ether oxygens (including phenoxy) is 9. The average Bonchev–Trinajstić information content (AvgIpc) is 0.744. The summed E-state index contributed by atoms with van der Waals surface area (Å²) < 4.78 is 57.5. The molecule has 0 atom stereocenters. The van der Waals surface area contributed by atoms with Gasteiger partial charge in [-0.2, -0.15) is 0 Å². The zero-order valence-electron chi connectivity index (χ0n) is 50.0. The highest BCUT2D eigenvalue weighted by Crippen LogP contribution is 2.51. The number of nitrogens with zero attached hydrogens (tertiary/aromatic N) is 2. The van der Waals surface area contributed by atoms with Crippen LogP contribution in [0.1, 0.15) is 36.0 Å². The molecule has 1 fully saturated rings. The van der Waals surface area contributed by atoms with Crippen LogP contribution in [0.2, 0.25) is 75.3 Å². The highest BCUT2D eigenvalue weighted by atomic mass is 35.5. The second-order valence-corrected chi connectivity index (χ2v) is 26.9. The molecule has 1 amide bonds. The van der Waals surface area contributed by atoms with E-state index in [4.69, 9.17) is 233 Å². The number of hydrogen-bond donors (Lipinski definition) is 1. The first-order chi connectivity index (χ1) is 46.1. The molecule has 3 aliphatic rings. The summed E-state index contributed by atoms with van der Waals surface area (Å²) >= 11 is 99.1. The van der Waals surface area contributed by atoms with Crippen LogP contribution in [-0.4, -0.2) is 138 Å². The van der Waals surface area contributed by atoms with Gasteiger partial charge in [-0.15, -0.1) is 0 Å². The predicted molar refractivity (Wildman–Crippen MR) is 382 cm³/mol. The highest BCUT2D eigenvalue weighted by Gasteiger charge is 2.35. The monoisotopic (exact) mass is 1650 g/mol. The van der Waals surface area contributed by atoms with Gasteiger partial charge in [-0.25, -0.2) is 4.79 Å². The minimum Gasteiger partial charge on any atom is -0.497 e. The lowest BCUT2D eigenvalue weighted by Gasteiger charge is -2.36. The van der Waals surface area contributed by atoms with Crippen molar-refractivity contribution in [2.45, 2.75) is 25.7 Å². The van der Waals surface area contributed by atoms with Crippen molar-refractivity contribution in [3.05, 3.63) is 146 Å². The Morgan fingerprint density at radius 3 is 1.32 bits per heavy atom. The van der Waals surface area contributed by atoms with Crippen molar-refractivity contribution in [2.75, 3.05) is 98.6 Å². The van der Waals surface area contributed by atoms with Crippen LogP contribution in [0.25, 0.3) is 33.4 Å². The van der Waals surface area contributed by atoms with Crippen LogP contribution in [0.5, 0.6) is 23.0 Å². The van der Waals surface area contributed by atoms with Gasteiger partial charge in [0.2, 0.25) is 5.91 Å². The number of fused-ring (bicyclic) bond motifs is 2. The molecule has 0 radical (unpaired) electrons. The van der Waals surface area contributed by atoms with E-state index in [1.165, 1.54) is 26.4 Å². The quantitative estimate of drug-likeness (QED) is 0.00963. The number of carbonyl (C=O) groups is 5. The second-order valence-electron chi connectivity index (χ2n) is 20.9. The van der Waals surface area contributed by atoms with Crippen molar-refractivity contribution in [3.8, 4) is 45.4 Å². The van der Waals surface area contributed by atoms with Crippen LogP contribution < -0.4 is 29.7 Å². The van der Waals surface area contributed by atoms with Crippen molar-refractivity contribution in [3.63, 3.8) is 0 Å². The lowest BCUT2D eigenvalue weighted by atomic mass is 9.90. The Bertz CT molecular complexity index is 3930. The first kappa shape index (κ1) is 78.5. The summed E-state index contributed by atoms with van der Waals surface area (Å²) in [7, 11) is 2.79. The average molecular weight is 1650 g/mol. The number of halogens is 15. The van der Waals surface area contributed by atoms with Crippen LogP contribution in [0.4, 0.5) is 5.69 Å². The SMILES string of the molecule is COC(=O)c1cc(NC(=S)N2CCN(C(=O)CCOCC(COCCC(=O)Oc3c(Cl)c(Cl)c(Cl)c(Cl)c3Cl)(COCCC(=O)Oc3c(Cl)c(Cl)c(Cl)c(Cl)c3Cl)COCCC(=O)Oc3c(Cl)c(Cl)c(Cl)c(Cl)c3Cl)CC2)ccc1-c1c2ccc(=O)cc-2oc2cc(OC)ccc12. The van der Waals surface area contributed by atoms with Gasteiger partial charge in [0.25, 0.3) is 0 Å². The van der Waals surface area contributed by atoms with Crippen LogP contribution in [0.15, 0.2) is 63.8 Å². The molecule has 97 heavy (non-hydrogen) atoms. The number of nitrogens with one attached hydrogen (secondary N) is 1. The van der Waals surface area contributed by atoms with Crippen molar-refractivity contribution in [1.29, 1.82) is 0 Å². The lowest BCUT2D eigenvalue weighted by Crippen LogP contribution is -2.51. The fourth-order valence-electron chi connectivity index (χ4n) is 9.45. The molecule has 8 rings (SSSR count). The number of carbonyl (C=O) groups excluding carboxylic acids is 5. The van der Waals surface area contributed by atoms with Crippen molar-refractivity contribution < 1.29 is 71.0 Å². The van der Waals surface area contributed by atoms with Crippen LogP contribution >= 0.6 is 186 Å². The molecule has 518 valence electrons. The topological polar surface area (TPSA) is 217 Å². The van der Waals surface area contributed by atoms with Gasteiger partial charge in [0.05, 0.1) is 149 Å². The Hall–Kier alpha value is -4.18. The molecule has 0 spiro atoms. The van der Waals surface area contributed by atoms with E-state index in [1.54, 1.807) is 47.4 Å². The summed E-state index contributed by atoms with van der Waals surface area (Å²) in [5.41, 5.74) is 1.14. The maximum absolute atomic E-state index is 13.9. The molecule has 2 aliphatic heterocycles. The van der Waals surface area contributed by atoms with E-state index >= 15 is 0 Å². The van der Waals surface area contributed by atoms with Gasteiger partial charge in [-0.05, 0) is 54.2 Å². The summed E-state index contributed by atoms with van der Waals surface area (Å²) in [4.78, 5) is 83.0. The van der Waals surface area contributed by atoms with Gasteiger partial charge in [0.15, 0.2) is 27.8 Å². The Labute approximate surface area is 633 Å². The molecule has 1 N–H and O–H groups in total. The Balaban J connectivity index is 0.942. The molecule has 2 heterocycles. The number of amides is 1. The third-order valence-corrected chi connectivity index (χ3v) is 21.5. The van der Waals surface area contributed by atoms with Gasteiger partial charge in [0, 0.05) is 60.5 Å². The largest absolute Gasteiger partial charge is 0.497 e. The fourth-order valence-corrected chi connectivity index (χ4v) is 13.3. The molecule has 1 saturated heterocycles. The number of methoxy groups -OCH3 is 2. The molecule has 5 aromatic carbocycles. The zero-order valence-corrected chi connectivity index (χ0v) is 62.2. The summed E-state index contributed by atoms with van der Waals surface area (Å²) in [6, 6.07) is 14.8. The molecule has 35 heteroatoms. The lowest BCUT2D eigenvalue weighted by molar-refractivity contribution is -0.139. The number of rotatable bonds is 27. The van der Waals surface area contributed by atoms with E-state index in [9.17, 15) is 28.8 Å². The third kappa shape index (κ3) is 19.1. The maximum Gasteiger partial charge on any atom is 0.338 e. The summed E-state index contributed by atoms with van der Waals surface area (Å²) in [5.74, 6) is -3.80. The Kier molecular flexibility index (Phi) is 28.8. The van der Waals surface area contributed by atoms with Crippen molar-refractivity contribution in [1.82, 2.24) is 9.80 Å². The molecular formula is C62H48Cl15N3O16S. The number of anilines is 1. The predicted octanol–water partition coefficient (Wildman–Crippen LogP) is 18.4. The molecule has 0 bridgehead atoms. The molecule has 19 nitrogen and oxygen atoms in total. The summed E-state index contributed by atoms with van der Waals surface area (Å²) in [6.07, 6.45) is -1.35. The molecule has 0 unspecified atom stereocenters. The van der Waals surface area contributed by atoms with E-state index in [-0.39, 0.29) is 182 Å². The molecule has 0 saturated carbocycles. The summed E-state index contributed by atoms with van der Waals surface area (Å²) in [6.45, 7) is -1.16. The van der Waals surface area contributed by atoms with Gasteiger partial charge in [-0.1, -0.05) is 180 Å². The number of benzene rings is 6. The Morgan fingerprint density at radius 1 is 0.495 bits per heavy atom.